The minimum atomic E-state index is -3.56. The van der Waals surface area contributed by atoms with E-state index in [1.165, 1.54) is 18.4 Å². The maximum absolute atomic E-state index is 11.8. The third-order valence-electron chi connectivity index (χ3n) is 2.27. The van der Waals surface area contributed by atoms with Crippen LogP contribution in [0.2, 0.25) is 0 Å². The highest BCUT2D eigenvalue weighted by Crippen LogP contribution is 2.10. The summed E-state index contributed by atoms with van der Waals surface area (Å²) in [6.45, 7) is 2.34. The molecule has 5 nitrogen and oxygen atoms in total. The van der Waals surface area contributed by atoms with Gasteiger partial charge in [-0.05, 0) is 18.6 Å². The summed E-state index contributed by atoms with van der Waals surface area (Å²) in [5.41, 5.74) is 5.52. The van der Waals surface area contributed by atoms with Gasteiger partial charge < -0.3 is 10.2 Å². The lowest BCUT2D eigenvalue weighted by molar-refractivity contribution is 0.437. The molecule has 0 unspecified atom stereocenters. The molecule has 0 aliphatic rings. The van der Waals surface area contributed by atoms with Gasteiger partial charge in [0.05, 0.1) is 6.26 Å². The third kappa shape index (κ3) is 3.62. The second-order valence-corrected chi connectivity index (χ2v) is 5.27. The molecule has 1 heterocycles. The lowest BCUT2D eigenvalue weighted by Gasteiger charge is -2.15. The highest BCUT2D eigenvalue weighted by Gasteiger charge is 2.20. The summed E-state index contributed by atoms with van der Waals surface area (Å²) >= 11 is 0. The Morgan fingerprint density at radius 3 is 2.81 bits per heavy atom. The van der Waals surface area contributed by atoms with Gasteiger partial charge in [-0.1, -0.05) is 19.8 Å². The normalized spacial score (nSPS) is 13.9. The molecule has 0 radical (unpaired) electrons. The van der Waals surface area contributed by atoms with Crippen LogP contribution in [0.3, 0.4) is 0 Å². The second kappa shape index (κ2) is 6.03. The van der Waals surface area contributed by atoms with E-state index in [1.54, 1.807) is 0 Å². The second-order valence-electron chi connectivity index (χ2n) is 3.63. The summed E-state index contributed by atoms with van der Waals surface area (Å²) in [5.74, 6) is 0. The summed E-state index contributed by atoms with van der Waals surface area (Å²) in [4.78, 5) is 0. The minimum Gasteiger partial charge on any atom is -0.452 e. The highest BCUT2D eigenvalue weighted by atomic mass is 32.2. The molecule has 92 valence electrons. The summed E-state index contributed by atoms with van der Waals surface area (Å²) in [6, 6.07) is 2.73. The van der Waals surface area contributed by atoms with Crippen molar-refractivity contribution in [3.63, 3.8) is 0 Å². The first kappa shape index (κ1) is 13.2. The number of nitrogens with two attached hydrogens (primary N) is 1. The van der Waals surface area contributed by atoms with Gasteiger partial charge in [0.25, 0.3) is 10.0 Å². The molecule has 1 aromatic heterocycles. The molecule has 1 atom stereocenters. The van der Waals surface area contributed by atoms with E-state index >= 15 is 0 Å². The molecule has 0 bridgehead atoms. The Balaban J connectivity index is 2.64. The van der Waals surface area contributed by atoms with Crippen molar-refractivity contribution in [3.05, 3.63) is 18.4 Å². The first-order valence-corrected chi connectivity index (χ1v) is 6.84. The third-order valence-corrected chi connectivity index (χ3v) is 3.68. The molecule has 1 aromatic rings. The van der Waals surface area contributed by atoms with Crippen molar-refractivity contribution in [1.29, 1.82) is 0 Å². The van der Waals surface area contributed by atoms with Crippen LogP contribution in [0.25, 0.3) is 0 Å². The lowest BCUT2D eigenvalue weighted by atomic mass is 10.1. The molecule has 0 aliphatic heterocycles. The fourth-order valence-corrected chi connectivity index (χ4v) is 2.58. The predicted molar refractivity (Wildman–Crippen MR) is 61.4 cm³/mol. The standard InChI is InChI=1S/C10H18N2O3S/c1-2-3-5-9(8-11)12-16(13,14)10-6-4-7-15-10/h4,6-7,9,12H,2-3,5,8,11H2,1H3/t9-/m0/s1. The Hall–Kier alpha value is -0.850. The summed E-state index contributed by atoms with van der Waals surface area (Å²) in [5, 5.41) is -0.0672. The molecule has 0 aliphatic carbocycles. The Morgan fingerprint density at radius 1 is 1.56 bits per heavy atom. The minimum absolute atomic E-state index is 0.0672. The van der Waals surface area contributed by atoms with Crippen LogP contribution >= 0.6 is 0 Å². The molecule has 1 rings (SSSR count). The number of rotatable bonds is 7. The van der Waals surface area contributed by atoms with E-state index in [1.807, 2.05) is 0 Å². The van der Waals surface area contributed by atoms with Crippen molar-refractivity contribution in [2.75, 3.05) is 6.54 Å². The van der Waals surface area contributed by atoms with E-state index < -0.39 is 10.0 Å². The number of sulfonamides is 1. The number of hydrogen-bond donors (Lipinski definition) is 2. The van der Waals surface area contributed by atoms with Gasteiger partial charge in [0.1, 0.15) is 0 Å². The Labute approximate surface area is 96.1 Å². The zero-order valence-corrected chi connectivity index (χ0v) is 10.2. The van der Waals surface area contributed by atoms with E-state index in [0.717, 1.165) is 19.3 Å². The van der Waals surface area contributed by atoms with Gasteiger partial charge in [0.15, 0.2) is 0 Å². The number of nitrogens with one attached hydrogen (secondary N) is 1. The van der Waals surface area contributed by atoms with Crippen LogP contribution in [0.15, 0.2) is 27.9 Å². The monoisotopic (exact) mass is 246 g/mol. The topological polar surface area (TPSA) is 85.3 Å². The van der Waals surface area contributed by atoms with Gasteiger partial charge in [-0.3, -0.25) is 0 Å². The summed E-state index contributed by atoms with van der Waals surface area (Å²) < 4.78 is 30.9. The van der Waals surface area contributed by atoms with Crippen molar-refractivity contribution in [3.8, 4) is 0 Å². The van der Waals surface area contributed by atoms with E-state index in [0.29, 0.717) is 6.54 Å². The highest BCUT2D eigenvalue weighted by molar-refractivity contribution is 7.89. The summed E-state index contributed by atoms with van der Waals surface area (Å²) in [7, 11) is -3.56. The number of furan rings is 1. The molecule has 0 aromatic carbocycles. The van der Waals surface area contributed by atoms with Crippen LogP contribution in [-0.2, 0) is 10.0 Å². The van der Waals surface area contributed by atoms with Crippen LogP contribution in [0, 0.1) is 0 Å². The molecule has 0 spiro atoms. The quantitative estimate of drug-likeness (QED) is 0.753. The summed E-state index contributed by atoms with van der Waals surface area (Å²) in [6.07, 6.45) is 4.03. The van der Waals surface area contributed by atoms with Crippen molar-refractivity contribution < 1.29 is 12.8 Å². The van der Waals surface area contributed by atoms with Crippen LogP contribution in [0.4, 0.5) is 0 Å². The largest absolute Gasteiger partial charge is 0.452 e. The first-order valence-electron chi connectivity index (χ1n) is 5.36. The van der Waals surface area contributed by atoms with Crippen LogP contribution in [-0.4, -0.2) is 21.0 Å². The fraction of sp³-hybridized carbons (Fsp3) is 0.600. The zero-order chi connectivity index (χ0) is 12.0. The molecule has 0 saturated carbocycles. The van der Waals surface area contributed by atoms with Gasteiger partial charge in [-0.15, -0.1) is 0 Å². The van der Waals surface area contributed by atoms with Gasteiger partial charge >= 0.3 is 0 Å². The maximum atomic E-state index is 11.8. The molecular formula is C10H18N2O3S. The number of hydrogen-bond acceptors (Lipinski definition) is 4. The smallest absolute Gasteiger partial charge is 0.274 e. The van der Waals surface area contributed by atoms with E-state index in [-0.39, 0.29) is 11.1 Å². The van der Waals surface area contributed by atoms with E-state index in [4.69, 9.17) is 10.2 Å². The fourth-order valence-electron chi connectivity index (χ4n) is 1.37. The molecule has 0 fully saturated rings. The van der Waals surface area contributed by atoms with Crippen molar-refractivity contribution in [2.24, 2.45) is 5.73 Å². The van der Waals surface area contributed by atoms with Crippen LogP contribution < -0.4 is 10.5 Å². The lowest BCUT2D eigenvalue weighted by Crippen LogP contribution is -2.39. The van der Waals surface area contributed by atoms with Crippen LogP contribution in [0.5, 0.6) is 0 Å². The van der Waals surface area contributed by atoms with Gasteiger partial charge in [0, 0.05) is 12.6 Å². The molecular weight excluding hydrogens is 228 g/mol. The van der Waals surface area contributed by atoms with Crippen molar-refractivity contribution in [2.45, 2.75) is 37.3 Å². The predicted octanol–water partition coefficient (Wildman–Crippen LogP) is 1.08. The van der Waals surface area contributed by atoms with Gasteiger partial charge in [-0.2, -0.15) is 0 Å². The zero-order valence-electron chi connectivity index (χ0n) is 9.35. The Bertz CT molecular complexity index is 386. The maximum Gasteiger partial charge on any atom is 0.274 e. The Morgan fingerprint density at radius 2 is 2.31 bits per heavy atom. The first-order chi connectivity index (χ1) is 7.60. The van der Waals surface area contributed by atoms with Crippen LogP contribution in [0.1, 0.15) is 26.2 Å². The molecule has 6 heteroatoms. The van der Waals surface area contributed by atoms with Crippen molar-refractivity contribution >= 4 is 10.0 Å². The molecule has 0 amide bonds. The number of unbranched alkanes of at least 4 members (excludes halogenated alkanes) is 1. The average Bonchev–Trinajstić information content (AvgIpc) is 2.78. The molecule has 16 heavy (non-hydrogen) atoms. The molecule has 0 saturated heterocycles. The van der Waals surface area contributed by atoms with E-state index in [2.05, 4.69) is 11.6 Å². The van der Waals surface area contributed by atoms with E-state index in [9.17, 15) is 8.42 Å². The van der Waals surface area contributed by atoms with Crippen molar-refractivity contribution in [1.82, 2.24) is 4.72 Å². The van der Waals surface area contributed by atoms with Gasteiger partial charge in [-0.25, -0.2) is 13.1 Å². The average molecular weight is 246 g/mol. The molecule has 3 N–H and O–H groups in total. The van der Waals surface area contributed by atoms with Gasteiger partial charge in [0.2, 0.25) is 5.09 Å². The Kier molecular flexibility index (Phi) is 4.98. The SMILES string of the molecule is CCCC[C@@H](CN)NS(=O)(=O)c1ccco1.